The van der Waals surface area contributed by atoms with Gasteiger partial charge in [-0.2, -0.15) is 17.0 Å². The molecule has 0 aliphatic carbocycles. The van der Waals surface area contributed by atoms with E-state index in [0.29, 0.717) is 13.1 Å². The Labute approximate surface area is 92.6 Å². The van der Waals surface area contributed by atoms with Crippen LogP contribution in [-0.4, -0.2) is 56.8 Å². The van der Waals surface area contributed by atoms with Gasteiger partial charge in [0.25, 0.3) is 10.2 Å². The van der Waals surface area contributed by atoms with Crippen molar-refractivity contribution in [1.82, 2.24) is 13.9 Å². The molecule has 0 atom stereocenters. The number of hydrogen-bond donors (Lipinski definition) is 1. The molecule has 0 unspecified atom stereocenters. The Kier molecular flexibility index (Phi) is 3.76. The molecule has 0 spiro atoms. The molecular formula is C9H21N3O2S. The van der Waals surface area contributed by atoms with Gasteiger partial charge in [-0.3, -0.25) is 0 Å². The van der Waals surface area contributed by atoms with Crippen LogP contribution in [0.3, 0.4) is 0 Å². The third-order valence-corrected chi connectivity index (χ3v) is 5.16. The van der Waals surface area contributed by atoms with Gasteiger partial charge in [-0.1, -0.05) is 0 Å². The molecular weight excluding hydrogens is 214 g/mol. The summed E-state index contributed by atoms with van der Waals surface area (Å²) in [5, 5.41) is 3.25. The first-order valence-corrected chi connectivity index (χ1v) is 6.58. The molecule has 0 aromatic carbocycles. The molecule has 1 fully saturated rings. The van der Waals surface area contributed by atoms with E-state index in [0.717, 1.165) is 12.8 Å². The molecule has 0 amide bonds. The fourth-order valence-electron chi connectivity index (χ4n) is 1.69. The minimum Gasteiger partial charge on any atom is -0.314 e. The molecule has 6 heteroatoms. The smallest absolute Gasteiger partial charge is 0.281 e. The molecule has 0 aromatic heterocycles. The van der Waals surface area contributed by atoms with Crippen molar-refractivity contribution in [2.75, 3.05) is 34.2 Å². The highest BCUT2D eigenvalue weighted by Crippen LogP contribution is 2.23. The SMILES string of the molecule is CNC1(C)CCN(S(=O)(=O)N(C)C)CC1. The summed E-state index contributed by atoms with van der Waals surface area (Å²) in [7, 11) is 1.85. The largest absolute Gasteiger partial charge is 0.314 e. The predicted octanol–water partition coefficient (Wildman–Crippen LogP) is -0.133. The zero-order valence-electron chi connectivity index (χ0n) is 9.95. The summed E-state index contributed by atoms with van der Waals surface area (Å²) >= 11 is 0. The zero-order chi connectivity index (χ0) is 11.7. The molecule has 1 aliphatic rings. The van der Waals surface area contributed by atoms with Gasteiger partial charge in [0.05, 0.1) is 0 Å². The summed E-state index contributed by atoms with van der Waals surface area (Å²) in [6.45, 7) is 3.32. The van der Waals surface area contributed by atoms with Gasteiger partial charge in [-0.05, 0) is 26.8 Å². The van der Waals surface area contributed by atoms with E-state index in [2.05, 4.69) is 12.2 Å². The van der Waals surface area contributed by atoms with E-state index in [-0.39, 0.29) is 5.54 Å². The minimum atomic E-state index is -3.22. The Morgan fingerprint density at radius 3 is 2.07 bits per heavy atom. The van der Waals surface area contributed by atoms with Crippen LogP contribution < -0.4 is 5.32 Å². The molecule has 0 saturated carbocycles. The van der Waals surface area contributed by atoms with Crippen molar-refractivity contribution in [2.24, 2.45) is 0 Å². The second-order valence-electron chi connectivity index (χ2n) is 4.50. The molecule has 5 nitrogen and oxygen atoms in total. The standard InChI is InChI=1S/C9H21N3O2S/c1-9(10-2)5-7-12(8-6-9)15(13,14)11(3)4/h10H,5-8H2,1-4H3. The van der Waals surface area contributed by atoms with Crippen LogP contribution in [0.1, 0.15) is 19.8 Å². The van der Waals surface area contributed by atoms with Gasteiger partial charge in [0.15, 0.2) is 0 Å². The fourth-order valence-corrected chi connectivity index (χ4v) is 2.80. The highest BCUT2D eigenvalue weighted by Gasteiger charge is 2.34. The van der Waals surface area contributed by atoms with Crippen LogP contribution in [0.2, 0.25) is 0 Å². The number of hydrogen-bond acceptors (Lipinski definition) is 3. The Balaban J connectivity index is 2.66. The lowest BCUT2D eigenvalue weighted by atomic mass is 9.91. The topological polar surface area (TPSA) is 52.7 Å². The highest BCUT2D eigenvalue weighted by molar-refractivity contribution is 7.86. The highest BCUT2D eigenvalue weighted by atomic mass is 32.2. The first kappa shape index (κ1) is 12.9. The summed E-state index contributed by atoms with van der Waals surface area (Å²) in [5.41, 5.74) is 0.0817. The monoisotopic (exact) mass is 235 g/mol. The van der Waals surface area contributed by atoms with Crippen LogP contribution in [0.25, 0.3) is 0 Å². The van der Waals surface area contributed by atoms with E-state index in [4.69, 9.17) is 0 Å². The van der Waals surface area contributed by atoms with Crippen molar-refractivity contribution < 1.29 is 8.42 Å². The van der Waals surface area contributed by atoms with Gasteiger partial charge in [0.2, 0.25) is 0 Å². The third-order valence-electron chi connectivity index (χ3n) is 3.22. The molecule has 0 radical (unpaired) electrons. The average molecular weight is 235 g/mol. The summed E-state index contributed by atoms with van der Waals surface area (Å²) < 4.78 is 26.5. The molecule has 1 saturated heterocycles. The number of rotatable bonds is 3. The lowest BCUT2D eigenvalue weighted by Gasteiger charge is -2.39. The molecule has 1 N–H and O–H groups in total. The van der Waals surface area contributed by atoms with Crippen molar-refractivity contribution in [1.29, 1.82) is 0 Å². The summed E-state index contributed by atoms with van der Waals surface area (Å²) in [6.07, 6.45) is 1.72. The van der Waals surface area contributed by atoms with Gasteiger partial charge in [0.1, 0.15) is 0 Å². The van der Waals surface area contributed by atoms with Crippen LogP contribution in [0.4, 0.5) is 0 Å². The second kappa shape index (κ2) is 4.37. The van der Waals surface area contributed by atoms with Crippen molar-refractivity contribution in [3.63, 3.8) is 0 Å². The van der Waals surface area contributed by atoms with E-state index < -0.39 is 10.2 Å². The maximum absolute atomic E-state index is 11.8. The molecule has 1 heterocycles. The zero-order valence-corrected chi connectivity index (χ0v) is 10.8. The average Bonchev–Trinajstić information content (AvgIpc) is 2.18. The van der Waals surface area contributed by atoms with Gasteiger partial charge in [-0.15, -0.1) is 0 Å². The number of piperidine rings is 1. The molecule has 90 valence electrons. The van der Waals surface area contributed by atoms with Crippen LogP contribution in [-0.2, 0) is 10.2 Å². The second-order valence-corrected chi connectivity index (χ2v) is 6.64. The van der Waals surface area contributed by atoms with Crippen molar-refractivity contribution in [3.8, 4) is 0 Å². The van der Waals surface area contributed by atoms with E-state index in [1.165, 1.54) is 4.31 Å². The van der Waals surface area contributed by atoms with Gasteiger partial charge in [-0.25, -0.2) is 0 Å². The van der Waals surface area contributed by atoms with Gasteiger partial charge >= 0.3 is 0 Å². The maximum Gasteiger partial charge on any atom is 0.281 e. The quantitative estimate of drug-likeness (QED) is 0.741. The minimum absolute atomic E-state index is 0.0817. The molecule has 15 heavy (non-hydrogen) atoms. The molecule has 1 rings (SSSR count). The van der Waals surface area contributed by atoms with Crippen LogP contribution in [0.15, 0.2) is 0 Å². The fraction of sp³-hybridized carbons (Fsp3) is 1.00. The lowest BCUT2D eigenvalue weighted by molar-refractivity contribution is 0.213. The number of nitrogens with one attached hydrogen (secondary N) is 1. The van der Waals surface area contributed by atoms with E-state index >= 15 is 0 Å². The molecule has 0 aromatic rings. The van der Waals surface area contributed by atoms with Crippen LogP contribution in [0.5, 0.6) is 0 Å². The molecule has 1 aliphatic heterocycles. The Hall–Kier alpha value is -0.170. The van der Waals surface area contributed by atoms with Gasteiger partial charge in [0, 0.05) is 32.7 Å². The van der Waals surface area contributed by atoms with Gasteiger partial charge < -0.3 is 5.32 Å². The van der Waals surface area contributed by atoms with E-state index in [9.17, 15) is 8.42 Å². The van der Waals surface area contributed by atoms with Crippen molar-refractivity contribution in [2.45, 2.75) is 25.3 Å². The predicted molar refractivity (Wildman–Crippen MR) is 60.9 cm³/mol. The summed E-state index contributed by atoms with van der Waals surface area (Å²) in [5.74, 6) is 0. The molecule has 0 bridgehead atoms. The Morgan fingerprint density at radius 1 is 1.27 bits per heavy atom. The number of nitrogens with zero attached hydrogens (tertiary/aromatic N) is 2. The Morgan fingerprint density at radius 2 is 1.73 bits per heavy atom. The lowest BCUT2D eigenvalue weighted by Crippen LogP contribution is -2.53. The third kappa shape index (κ3) is 2.69. The summed E-state index contributed by atoms with van der Waals surface area (Å²) in [6, 6.07) is 0. The van der Waals surface area contributed by atoms with E-state index in [1.54, 1.807) is 18.4 Å². The normalized spacial score (nSPS) is 23.3. The van der Waals surface area contributed by atoms with Crippen LogP contribution in [0, 0.1) is 0 Å². The van der Waals surface area contributed by atoms with E-state index in [1.807, 2.05) is 7.05 Å². The van der Waals surface area contributed by atoms with Crippen molar-refractivity contribution >= 4 is 10.2 Å². The summed E-state index contributed by atoms with van der Waals surface area (Å²) in [4.78, 5) is 0. The van der Waals surface area contributed by atoms with Crippen LogP contribution >= 0.6 is 0 Å². The first-order chi connectivity index (χ1) is 6.82. The Bertz CT molecular complexity index is 305. The first-order valence-electron chi connectivity index (χ1n) is 5.18. The maximum atomic E-state index is 11.8. The van der Waals surface area contributed by atoms with Crippen molar-refractivity contribution in [3.05, 3.63) is 0 Å².